The molecule has 0 aromatic heterocycles. The number of hydrogen-bond donors (Lipinski definition) is 2. The third-order valence-corrected chi connectivity index (χ3v) is 3.74. The average molecular weight is 236 g/mol. The van der Waals surface area contributed by atoms with Gasteiger partial charge in [0.15, 0.2) is 0 Å². The highest BCUT2D eigenvalue weighted by atomic mass is 32.2. The van der Waals surface area contributed by atoms with Gasteiger partial charge in [-0.1, -0.05) is 25.7 Å². The minimum absolute atomic E-state index is 0.170. The number of nitrogens with one attached hydrogen (secondary N) is 1. The van der Waals surface area contributed by atoms with Crippen LogP contribution >= 0.6 is 0 Å². The van der Waals surface area contributed by atoms with Gasteiger partial charge in [-0.2, -0.15) is 0 Å². The summed E-state index contributed by atoms with van der Waals surface area (Å²) in [5, 5.41) is 0. The molecule has 0 saturated heterocycles. The zero-order chi connectivity index (χ0) is 11.6. The summed E-state index contributed by atoms with van der Waals surface area (Å²) < 4.78 is 24.7. The summed E-state index contributed by atoms with van der Waals surface area (Å²) in [5.41, 5.74) is 5.38. The van der Waals surface area contributed by atoms with Crippen LogP contribution in [0, 0.1) is 0 Å². The molecule has 0 unspecified atom stereocenters. The van der Waals surface area contributed by atoms with E-state index in [1.807, 2.05) is 0 Å². The summed E-state index contributed by atoms with van der Waals surface area (Å²) in [6, 6.07) is 0. The van der Waals surface area contributed by atoms with E-state index in [0.717, 1.165) is 25.8 Å². The molecule has 0 aromatic carbocycles. The molecule has 0 aliphatic carbocycles. The van der Waals surface area contributed by atoms with Crippen LogP contribution in [0.5, 0.6) is 0 Å². The van der Waals surface area contributed by atoms with Crippen molar-refractivity contribution in [3.8, 4) is 0 Å². The molecule has 0 amide bonds. The molecule has 0 aliphatic heterocycles. The van der Waals surface area contributed by atoms with Crippen molar-refractivity contribution in [3.63, 3.8) is 0 Å². The molecule has 0 aromatic rings. The fourth-order valence-electron chi connectivity index (χ4n) is 1.31. The Balaban J connectivity index is 3.19. The maximum absolute atomic E-state index is 11.0. The van der Waals surface area contributed by atoms with Gasteiger partial charge in [-0.3, -0.25) is 0 Å². The van der Waals surface area contributed by atoms with E-state index in [1.165, 1.54) is 19.3 Å². The molecule has 0 radical (unpaired) electrons. The van der Waals surface area contributed by atoms with Gasteiger partial charge in [-0.25, -0.2) is 13.1 Å². The van der Waals surface area contributed by atoms with Crippen LogP contribution in [0.1, 0.15) is 45.4 Å². The molecule has 0 atom stereocenters. The van der Waals surface area contributed by atoms with Gasteiger partial charge in [0.1, 0.15) is 0 Å². The largest absolute Gasteiger partial charge is 0.330 e. The highest BCUT2D eigenvalue weighted by Crippen LogP contribution is 2.04. The first-order chi connectivity index (χ1) is 7.12. The van der Waals surface area contributed by atoms with Crippen molar-refractivity contribution in [2.45, 2.75) is 45.4 Å². The lowest BCUT2D eigenvalue weighted by Crippen LogP contribution is -2.26. The van der Waals surface area contributed by atoms with E-state index in [2.05, 4.69) is 4.72 Å². The summed E-state index contributed by atoms with van der Waals surface area (Å²) in [5.74, 6) is 0.170. The molecule has 15 heavy (non-hydrogen) atoms. The van der Waals surface area contributed by atoms with Gasteiger partial charge in [-0.05, 0) is 26.3 Å². The van der Waals surface area contributed by atoms with E-state index in [0.29, 0.717) is 6.54 Å². The lowest BCUT2D eigenvalue weighted by molar-refractivity contribution is 0.566. The van der Waals surface area contributed by atoms with Crippen LogP contribution < -0.4 is 10.5 Å². The van der Waals surface area contributed by atoms with Crippen molar-refractivity contribution in [2.24, 2.45) is 5.73 Å². The van der Waals surface area contributed by atoms with Gasteiger partial charge in [0.05, 0.1) is 5.75 Å². The summed E-state index contributed by atoms with van der Waals surface area (Å²) >= 11 is 0. The van der Waals surface area contributed by atoms with E-state index >= 15 is 0 Å². The van der Waals surface area contributed by atoms with Crippen molar-refractivity contribution < 1.29 is 8.42 Å². The number of sulfonamides is 1. The topological polar surface area (TPSA) is 72.2 Å². The number of rotatable bonds is 10. The molecule has 0 aliphatic rings. The molecule has 0 bridgehead atoms. The van der Waals surface area contributed by atoms with Crippen molar-refractivity contribution in [2.75, 3.05) is 18.8 Å². The van der Waals surface area contributed by atoms with Gasteiger partial charge in [0.2, 0.25) is 10.0 Å². The normalized spacial score (nSPS) is 11.9. The Bertz CT molecular complexity index is 228. The van der Waals surface area contributed by atoms with Crippen molar-refractivity contribution in [1.82, 2.24) is 4.72 Å². The first-order valence-electron chi connectivity index (χ1n) is 5.80. The smallest absolute Gasteiger partial charge is 0.211 e. The minimum atomic E-state index is -2.99. The van der Waals surface area contributed by atoms with Gasteiger partial charge < -0.3 is 5.73 Å². The van der Waals surface area contributed by atoms with E-state index in [1.54, 1.807) is 6.92 Å². The Morgan fingerprint density at radius 3 is 2.07 bits per heavy atom. The summed E-state index contributed by atoms with van der Waals surface area (Å²) in [7, 11) is -2.99. The van der Waals surface area contributed by atoms with Crippen LogP contribution in [0.15, 0.2) is 0 Å². The first-order valence-corrected chi connectivity index (χ1v) is 7.45. The van der Waals surface area contributed by atoms with Crippen LogP contribution in [0.2, 0.25) is 0 Å². The van der Waals surface area contributed by atoms with Crippen LogP contribution in [0.25, 0.3) is 0 Å². The third-order valence-electron chi connectivity index (χ3n) is 2.33. The van der Waals surface area contributed by atoms with Gasteiger partial charge >= 0.3 is 0 Å². The minimum Gasteiger partial charge on any atom is -0.330 e. The lowest BCUT2D eigenvalue weighted by Gasteiger charge is -2.04. The van der Waals surface area contributed by atoms with Crippen LogP contribution in [0.4, 0.5) is 0 Å². The van der Waals surface area contributed by atoms with E-state index in [9.17, 15) is 8.42 Å². The van der Waals surface area contributed by atoms with Crippen LogP contribution in [-0.2, 0) is 10.0 Å². The van der Waals surface area contributed by atoms with E-state index in [4.69, 9.17) is 5.73 Å². The molecule has 4 nitrogen and oxygen atoms in total. The SMILES string of the molecule is CCS(=O)(=O)NCCCCCCCCN. The fraction of sp³-hybridized carbons (Fsp3) is 1.00. The standard InChI is InChI=1S/C10H24N2O2S/c1-2-15(13,14)12-10-8-6-4-3-5-7-9-11/h12H,2-11H2,1H3. The average Bonchev–Trinajstić information content (AvgIpc) is 2.22. The van der Waals surface area contributed by atoms with Crippen molar-refractivity contribution >= 4 is 10.0 Å². The quantitative estimate of drug-likeness (QED) is 0.560. The maximum atomic E-state index is 11.0. The Hall–Kier alpha value is -0.130. The Kier molecular flexibility index (Phi) is 9.04. The zero-order valence-electron chi connectivity index (χ0n) is 9.67. The van der Waals surface area contributed by atoms with Crippen LogP contribution in [0.3, 0.4) is 0 Å². The first kappa shape index (κ1) is 14.9. The number of unbranched alkanes of at least 4 members (excludes halogenated alkanes) is 5. The van der Waals surface area contributed by atoms with E-state index in [-0.39, 0.29) is 5.75 Å². The van der Waals surface area contributed by atoms with Gasteiger partial charge in [-0.15, -0.1) is 0 Å². The van der Waals surface area contributed by atoms with E-state index < -0.39 is 10.0 Å². The second-order valence-electron chi connectivity index (χ2n) is 3.71. The number of hydrogen-bond acceptors (Lipinski definition) is 3. The molecule has 0 saturated carbocycles. The van der Waals surface area contributed by atoms with Crippen molar-refractivity contribution in [3.05, 3.63) is 0 Å². The second kappa shape index (κ2) is 9.12. The summed E-state index contributed by atoms with van der Waals surface area (Å²) in [6.07, 6.45) is 6.70. The second-order valence-corrected chi connectivity index (χ2v) is 5.80. The zero-order valence-corrected chi connectivity index (χ0v) is 10.5. The summed E-state index contributed by atoms with van der Waals surface area (Å²) in [6.45, 7) is 3.00. The molecule has 3 N–H and O–H groups in total. The van der Waals surface area contributed by atoms with Crippen molar-refractivity contribution in [1.29, 1.82) is 0 Å². The molecular formula is C10H24N2O2S. The van der Waals surface area contributed by atoms with Gasteiger partial charge in [0.25, 0.3) is 0 Å². The molecular weight excluding hydrogens is 212 g/mol. The fourth-order valence-corrected chi connectivity index (χ4v) is 1.97. The predicted octanol–water partition coefficient (Wildman–Crippen LogP) is 1.22. The number of nitrogens with two attached hydrogens (primary N) is 1. The maximum Gasteiger partial charge on any atom is 0.211 e. The van der Waals surface area contributed by atoms with Crippen LogP contribution in [-0.4, -0.2) is 27.3 Å². The molecule has 0 heterocycles. The Morgan fingerprint density at radius 2 is 1.53 bits per heavy atom. The Morgan fingerprint density at radius 1 is 1.00 bits per heavy atom. The molecule has 92 valence electrons. The highest BCUT2D eigenvalue weighted by Gasteiger charge is 2.03. The van der Waals surface area contributed by atoms with Gasteiger partial charge in [0, 0.05) is 6.54 Å². The molecule has 0 spiro atoms. The molecule has 0 fully saturated rings. The third kappa shape index (κ3) is 10.2. The Labute approximate surface area is 93.7 Å². The highest BCUT2D eigenvalue weighted by molar-refractivity contribution is 7.89. The molecule has 5 heteroatoms. The molecule has 0 rings (SSSR count). The predicted molar refractivity (Wildman–Crippen MR) is 64.2 cm³/mol. The summed E-state index contributed by atoms with van der Waals surface area (Å²) in [4.78, 5) is 0. The monoisotopic (exact) mass is 236 g/mol. The lowest BCUT2D eigenvalue weighted by atomic mass is 10.1.